The molecule has 1 unspecified atom stereocenters. The van der Waals surface area contributed by atoms with Gasteiger partial charge in [-0.25, -0.2) is 9.69 Å². The van der Waals surface area contributed by atoms with Crippen molar-refractivity contribution in [3.05, 3.63) is 70.4 Å². The van der Waals surface area contributed by atoms with Crippen LogP contribution in [0, 0.1) is 5.92 Å². The van der Waals surface area contributed by atoms with Gasteiger partial charge in [0.2, 0.25) is 0 Å². The highest BCUT2D eigenvalue weighted by Gasteiger charge is 2.39. The maximum atomic E-state index is 13.2. The number of benzene rings is 2. The summed E-state index contributed by atoms with van der Waals surface area (Å²) >= 11 is 6.25. The standard InChI is InChI=1S/C28H30ClN3O5/c1-3-4-15-37-28(36)20-8-5-9-22(16-20)32-26(34)23(29)24(27(32)35)30-21-12-10-19(11-13-21)25(33)31-14-6-7-18(2)17-31/h5,8-13,16,18,30H,3-4,6-7,14-15,17H2,1-2H3. The first-order valence-corrected chi connectivity index (χ1v) is 12.9. The first-order valence-electron chi connectivity index (χ1n) is 12.5. The Labute approximate surface area is 221 Å². The van der Waals surface area contributed by atoms with Crippen molar-refractivity contribution >= 4 is 46.7 Å². The van der Waals surface area contributed by atoms with Gasteiger partial charge in [-0.15, -0.1) is 0 Å². The summed E-state index contributed by atoms with van der Waals surface area (Å²) < 4.78 is 5.23. The van der Waals surface area contributed by atoms with E-state index in [2.05, 4.69) is 12.2 Å². The summed E-state index contributed by atoms with van der Waals surface area (Å²) in [5.74, 6) is -1.41. The zero-order valence-corrected chi connectivity index (χ0v) is 21.7. The minimum absolute atomic E-state index is 0.0262. The number of hydrogen-bond acceptors (Lipinski definition) is 6. The van der Waals surface area contributed by atoms with E-state index in [1.807, 2.05) is 11.8 Å². The lowest BCUT2D eigenvalue weighted by Crippen LogP contribution is -2.39. The second-order valence-electron chi connectivity index (χ2n) is 9.38. The largest absolute Gasteiger partial charge is 0.462 e. The number of halogens is 1. The smallest absolute Gasteiger partial charge is 0.338 e. The molecule has 0 spiro atoms. The molecule has 9 heteroatoms. The third kappa shape index (κ3) is 5.85. The molecule has 4 rings (SSSR count). The second kappa shape index (κ2) is 11.6. The molecule has 0 bridgehead atoms. The molecule has 1 atom stereocenters. The SMILES string of the molecule is CCCCOC(=O)c1cccc(N2C(=O)C(Cl)=C(Nc3ccc(C(=O)N4CCCC(C)C4)cc3)C2=O)c1. The molecule has 2 heterocycles. The van der Waals surface area contributed by atoms with Gasteiger partial charge >= 0.3 is 5.97 Å². The summed E-state index contributed by atoms with van der Waals surface area (Å²) in [5, 5.41) is 2.65. The fourth-order valence-corrected chi connectivity index (χ4v) is 4.62. The number of esters is 1. The zero-order valence-electron chi connectivity index (χ0n) is 21.0. The number of nitrogens with one attached hydrogen (secondary N) is 1. The Morgan fingerprint density at radius 1 is 1.08 bits per heavy atom. The average molecular weight is 524 g/mol. The molecule has 194 valence electrons. The highest BCUT2D eigenvalue weighted by molar-refractivity contribution is 6.53. The maximum absolute atomic E-state index is 13.2. The van der Waals surface area contributed by atoms with Gasteiger partial charge in [-0.2, -0.15) is 0 Å². The normalized spacial score (nSPS) is 17.9. The number of anilines is 2. The number of hydrogen-bond donors (Lipinski definition) is 1. The fraction of sp³-hybridized carbons (Fsp3) is 0.357. The maximum Gasteiger partial charge on any atom is 0.338 e. The lowest BCUT2D eigenvalue weighted by molar-refractivity contribution is -0.120. The van der Waals surface area contributed by atoms with Crippen LogP contribution in [0.3, 0.4) is 0 Å². The van der Waals surface area contributed by atoms with E-state index in [0.717, 1.165) is 43.7 Å². The highest BCUT2D eigenvalue weighted by atomic mass is 35.5. The Hall–Kier alpha value is -3.65. The molecule has 3 amide bonds. The van der Waals surface area contributed by atoms with Crippen molar-refractivity contribution in [1.82, 2.24) is 4.90 Å². The number of nitrogens with zero attached hydrogens (tertiary/aromatic N) is 2. The van der Waals surface area contributed by atoms with Crippen LogP contribution in [0.4, 0.5) is 11.4 Å². The molecule has 0 aliphatic carbocycles. The number of carbonyl (C=O) groups excluding carboxylic acids is 4. The summed E-state index contributed by atoms with van der Waals surface area (Å²) in [7, 11) is 0. The molecule has 1 saturated heterocycles. The van der Waals surface area contributed by atoms with E-state index in [0.29, 0.717) is 23.8 Å². The molecule has 2 aromatic carbocycles. The van der Waals surface area contributed by atoms with Gasteiger partial charge < -0.3 is 15.0 Å². The number of unbranched alkanes of at least 4 members (excludes halogenated alkanes) is 1. The second-order valence-corrected chi connectivity index (χ2v) is 9.75. The van der Waals surface area contributed by atoms with Crippen molar-refractivity contribution in [2.45, 2.75) is 39.5 Å². The highest BCUT2D eigenvalue weighted by Crippen LogP contribution is 2.31. The minimum atomic E-state index is -0.698. The minimum Gasteiger partial charge on any atom is -0.462 e. The van der Waals surface area contributed by atoms with Crippen molar-refractivity contribution in [2.24, 2.45) is 5.92 Å². The molecular formula is C28H30ClN3O5. The van der Waals surface area contributed by atoms with E-state index in [-0.39, 0.29) is 27.9 Å². The third-order valence-corrected chi connectivity index (χ3v) is 6.79. The third-order valence-electron chi connectivity index (χ3n) is 6.44. The first kappa shape index (κ1) is 26.4. The lowest BCUT2D eigenvalue weighted by atomic mass is 9.99. The summed E-state index contributed by atoms with van der Waals surface area (Å²) in [4.78, 5) is 54.0. The number of amides is 3. The molecule has 2 aliphatic rings. The first-order chi connectivity index (χ1) is 17.8. The quantitative estimate of drug-likeness (QED) is 0.299. The van der Waals surface area contributed by atoms with Crippen LogP contribution in [0.1, 0.15) is 60.2 Å². The van der Waals surface area contributed by atoms with Gasteiger partial charge in [0.15, 0.2) is 0 Å². The van der Waals surface area contributed by atoms with Crippen LogP contribution in [0.2, 0.25) is 0 Å². The van der Waals surface area contributed by atoms with Gasteiger partial charge in [-0.05, 0) is 67.6 Å². The molecule has 1 N–H and O–H groups in total. The van der Waals surface area contributed by atoms with Crippen LogP contribution in [0.25, 0.3) is 0 Å². The van der Waals surface area contributed by atoms with Gasteiger partial charge in [-0.3, -0.25) is 14.4 Å². The van der Waals surface area contributed by atoms with E-state index in [4.69, 9.17) is 16.3 Å². The van der Waals surface area contributed by atoms with Gasteiger partial charge in [-0.1, -0.05) is 37.9 Å². The predicted octanol–water partition coefficient (Wildman–Crippen LogP) is 4.95. The molecule has 1 fully saturated rings. The van der Waals surface area contributed by atoms with Gasteiger partial charge in [0.25, 0.3) is 17.7 Å². The van der Waals surface area contributed by atoms with Crippen LogP contribution < -0.4 is 10.2 Å². The Kier molecular flexibility index (Phi) is 8.28. The summed E-state index contributed by atoms with van der Waals surface area (Å²) in [6, 6.07) is 12.8. The van der Waals surface area contributed by atoms with E-state index < -0.39 is 17.8 Å². The molecule has 2 aromatic rings. The summed E-state index contributed by atoms with van der Waals surface area (Å²) in [6.45, 7) is 5.92. The summed E-state index contributed by atoms with van der Waals surface area (Å²) in [6.07, 6.45) is 3.75. The Bertz CT molecular complexity index is 1240. The topological polar surface area (TPSA) is 96.0 Å². The number of carbonyl (C=O) groups is 4. The Morgan fingerprint density at radius 3 is 2.54 bits per heavy atom. The number of ether oxygens (including phenoxy) is 1. The zero-order chi connectivity index (χ0) is 26.5. The number of imide groups is 1. The van der Waals surface area contributed by atoms with Gasteiger partial charge in [0.1, 0.15) is 10.7 Å². The molecule has 0 aromatic heterocycles. The molecule has 0 saturated carbocycles. The molecule has 8 nitrogen and oxygen atoms in total. The van der Waals surface area contributed by atoms with Crippen molar-refractivity contribution < 1.29 is 23.9 Å². The van der Waals surface area contributed by atoms with Crippen LogP contribution in [-0.4, -0.2) is 48.3 Å². The van der Waals surface area contributed by atoms with E-state index >= 15 is 0 Å². The molecule has 0 radical (unpaired) electrons. The van der Waals surface area contributed by atoms with Crippen LogP contribution in [-0.2, 0) is 14.3 Å². The van der Waals surface area contributed by atoms with Gasteiger partial charge in [0.05, 0.1) is 17.9 Å². The molecular weight excluding hydrogens is 494 g/mol. The van der Waals surface area contributed by atoms with Crippen LogP contribution in [0.15, 0.2) is 59.3 Å². The Morgan fingerprint density at radius 2 is 1.84 bits per heavy atom. The molecule has 2 aliphatic heterocycles. The van der Waals surface area contributed by atoms with E-state index in [1.165, 1.54) is 6.07 Å². The van der Waals surface area contributed by atoms with Crippen molar-refractivity contribution in [1.29, 1.82) is 0 Å². The average Bonchev–Trinajstić information content (AvgIpc) is 3.11. The number of likely N-dealkylation sites (tertiary alicyclic amines) is 1. The van der Waals surface area contributed by atoms with Crippen molar-refractivity contribution in [3.8, 4) is 0 Å². The van der Waals surface area contributed by atoms with Crippen LogP contribution >= 0.6 is 11.6 Å². The van der Waals surface area contributed by atoms with Crippen molar-refractivity contribution in [2.75, 3.05) is 29.9 Å². The summed E-state index contributed by atoms with van der Waals surface area (Å²) in [5.41, 5.74) is 1.43. The molecule has 37 heavy (non-hydrogen) atoms. The van der Waals surface area contributed by atoms with Crippen LogP contribution in [0.5, 0.6) is 0 Å². The van der Waals surface area contributed by atoms with Gasteiger partial charge in [0, 0.05) is 24.3 Å². The predicted molar refractivity (Wildman–Crippen MR) is 141 cm³/mol. The number of rotatable bonds is 8. The number of piperidine rings is 1. The monoisotopic (exact) mass is 523 g/mol. The van der Waals surface area contributed by atoms with E-state index in [1.54, 1.807) is 42.5 Å². The van der Waals surface area contributed by atoms with E-state index in [9.17, 15) is 19.2 Å². The Balaban J connectivity index is 1.46. The lowest BCUT2D eigenvalue weighted by Gasteiger charge is -2.31. The fourth-order valence-electron chi connectivity index (χ4n) is 4.41. The van der Waals surface area contributed by atoms with Crippen molar-refractivity contribution in [3.63, 3.8) is 0 Å².